The first-order valence-electron chi connectivity index (χ1n) is 3.39. The van der Waals surface area contributed by atoms with Crippen molar-refractivity contribution >= 4 is 24.0 Å². The van der Waals surface area contributed by atoms with E-state index in [9.17, 15) is 0 Å². The third-order valence-electron chi connectivity index (χ3n) is 1.52. The lowest BCUT2D eigenvalue weighted by molar-refractivity contribution is 0.629. The SMILES string of the molecule is CNC(C)c1nccnc1Cl.Cl. The molecule has 1 aromatic heterocycles. The summed E-state index contributed by atoms with van der Waals surface area (Å²) in [6, 6.07) is 0.149. The van der Waals surface area contributed by atoms with Gasteiger partial charge in [0.2, 0.25) is 0 Å². The molecule has 0 spiro atoms. The molecule has 5 heteroatoms. The predicted octanol–water partition coefficient (Wildman–Crippen LogP) is 1.83. The van der Waals surface area contributed by atoms with Gasteiger partial charge in [-0.25, -0.2) is 4.98 Å². The maximum Gasteiger partial charge on any atom is 0.152 e. The molecule has 68 valence electrons. The monoisotopic (exact) mass is 207 g/mol. The molecule has 1 rings (SSSR count). The van der Waals surface area contributed by atoms with E-state index in [1.54, 1.807) is 12.4 Å². The van der Waals surface area contributed by atoms with Crippen molar-refractivity contribution in [1.29, 1.82) is 0 Å². The lowest BCUT2D eigenvalue weighted by atomic mass is 10.2. The van der Waals surface area contributed by atoms with Gasteiger partial charge in [-0.1, -0.05) is 11.6 Å². The van der Waals surface area contributed by atoms with Gasteiger partial charge >= 0.3 is 0 Å². The summed E-state index contributed by atoms with van der Waals surface area (Å²) >= 11 is 5.78. The second-order valence-electron chi connectivity index (χ2n) is 2.24. The zero-order valence-electron chi connectivity index (χ0n) is 6.91. The van der Waals surface area contributed by atoms with E-state index in [-0.39, 0.29) is 18.4 Å². The standard InChI is InChI=1S/C7H10ClN3.ClH/c1-5(9-2)6-7(8)11-4-3-10-6;/h3-5,9H,1-2H3;1H. The lowest BCUT2D eigenvalue weighted by Crippen LogP contribution is -2.14. The van der Waals surface area contributed by atoms with Crippen molar-refractivity contribution in [3.05, 3.63) is 23.2 Å². The van der Waals surface area contributed by atoms with Crippen LogP contribution in [0.15, 0.2) is 12.4 Å². The average molecular weight is 208 g/mol. The van der Waals surface area contributed by atoms with Crippen molar-refractivity contribution in [2.75, 3.05) is 7.05 Å². The molecule has 0 bridgehead atoms. The summed E-state index contributed by atoms with van der Waals surface area (Å²) in [5.74, 6) is 0. The van der Waals surface area contributed by atoms with E-state index >= 15 is 0 Å². The Morgan fingerprint density at radius 1 is 1.42 bits per heavy atom. The van der Waals surface area contributed by atoms with E-state index in [0.29, 0.717) is 5.15 Å². The van der Waals surface area contributed by atoms with Crippen LogP contribution in [0.25, 0.3) is 0 Å². The van der Waals surface area contributed by atoms with Gasteiger partial charge in [0.15, 0.2) is 5.15 Å². The van der Waals surface area contributed by atoms with Crippen LogP contribution in [0.2, 0.25) is 5.15 Å². The molecule has 12 heavy (non-hydrogen) atoms. The van der Waals surface area contributed by atoms with Crippen LogP contribution < -0.4 is 5.32 Å². The number of hydrogen-bond donors (Lipinski definition) is 1. The summed E-state index contributed by atoms with van der Waals surface area (Å²) in [5, 5.41) is 3.50. The van der Waals surface area contributed by atoms with Crippen LogP contribution in [0, 0.1) is 0 Å². The van der Waals surface area contributed by atoms with Crippen molar-refractivity contribution in [2.24, 2.45) is 0 Å². The van der Waals surface area contributed by atoms with Crippen molar-refractivity contribution in [3.63, 3.8) is 0 Å². The number of rotatable bonds is 2. The summed E-state index contributed by atoms with van der Waals surface area (Å²) in [4.78, 5) is 8.00. The fourth-order valence-electron chi connectivity index (χ4n) is 0.759. The maximum atomic E-state index is 5.78. The smallest absolute Gasteiger partial charge is 0.152 e. The summed E-state index contributed by atoms with van der Waals surface area (Å²) < 4.78 is 0. The molecule has 0 aromatic carbocycles. The Hall–Kier alpha value is -0.380. The molecule has 0 aliphatic rings. The van der Waals surface area contributed by atoms with Crippen LogP contribution in [-0.4, -0.2) is 17.0 Å². The molecule has 0 amide bonds. The van der Waals surface area contributed by atoms with Crippen LogP contribution in [0.5, 0.6) is 0 Å². The van der Waals surface area contributed by atoms with Crippen molar-refractivity contribution in [2.45, 2.75) is 13.0 Å². The molecule has 3 nitrogen and oxygen atoms in total. The Morgan fingerprint density at radius 3 is 2.50 bits per heavy atom. The van der Waals surface area contributed by atoms with Crippen LogP contribution in [0.4, 0.5) is 0 Å². The first-order chi connectivity index (χ1) is 5.25. The van der Waals surface area contributed by atoms with E-state index in [4.69, 9.17) is 11.6 Å². The molecule has 0 aliphatic heterocycles. The number of halogens is 2. The van der Waals surface area contributed by atoms with E-state index in [1.807, 2.05) is 14.0 Å². The molecule has 1 atom stereocenters. The fraction of sp³-hybridized carbons (Fsp3) is 0.429. The highest BCUT2D eigenvalue weighted by Gasteiger charge is 2.08. The van der Waals surface area contributed by atoms with E-state index in [0.717, 1.165) is 5.69 Å². The van der Waals surface area contributed by atoms with Gasteiger partial charge in [-0.05, 0) is 14.0 Å². The minimum absolute atomic E-state index is 0. The zero-order chi connectivity index (χ0) is 8.27. The number of nitrogens with zero attached hydrogens (tertiary/aromatic N) is 2. The van der Waals surface area contributed by atoms with E-state index in [2.05, 4.69) is 15.3 Å². The third-order valence-corrected chi connectivity index (χ3v) is 1.81. The Labute approximate surface area is 83.0 Å². The molecule has 1 N–H and O–H groups in total. The van der Waals surface area contributed by atoms with Crippen LogP contribution in [-0.2, 0) is 0 Å². The summed E-state index contributed by atoms with van der Waals surface area (Å²) in [7, 11) is 1.86. The molecule has 0 saturated carbocycles. The van der Waals surface area contributed by atoms with Gasteiger partial charge in [0.25, 0.3) is 0 Å². The van der Waals surface area contributed by atoms with Crippen LogP contribution >= 0.6 is 24.0 Å². The second-order valence-corrected chi connectivity index (χ2v) is 2.60. The molecular formula is C7H11Cl2N3. The van der Waals surface area contributed by atoms with E-state index in [1.165, 1.54) is 0 Å². The van der Waals surface area contributed by atoms with Gasteiger partial charge in [-0.15, -0.1) is 12.4 Å². The zero-order valence-corrected chi connectivity index (χ0v) is 8.49. The molecule has 1 aromatic rings. The van der Waals surface area contributed by atoms with Gasteiger partial charge in [0.1, 0.15) is 0 Å². The fourth-order valence-corrected chi connectivity index (χ4v) is 1.03. The highest BCUT2D eigenvalue weighted by molar-refractivity contribution is 6.30. The largest absolute Gasteiger partial charge is 0.312 e. The average Bonchev–Trinajstić information content (AvgIpc) is 2.04. The van der Waals surface area contributed by atoms with Gasteiger partial charge in [-0.3, -0.25) is 4.98 Å². The lowest BCUT2D eigenvalue weighted by Gasteiger charge is -2.08. The highest BCUT2D eigenvalue weighted by Crippen LogP contribution is 2.15. The van der Waals surface area contributed by atoms with Crippen LogP contribution in [0.3, 0.4) is 0 Å². The molecule has 0 radical (unpaired) electrons. The minimum Gasteiger partial charge on any atom is -0.312 e. The third kappa shape index (κ3) is 2.59. The van der Waals surface area contributed by atoms with Gasteiger partial charge in [0, 0.05) is 18.4 Å². The number of aromatic nitrogens is 2. The first kappa shape index (κ1) is 11.6. The van der Waals surface area contributed by atoms with Gasteiger partial charge < -0.3 is 5.32 Å². The maximum absolute atomic E-state index is 5.78. The predicted molar refractivity (Wildman–Crippen MR) is 51.8 cm³/mol. The topological polar surface area (TPSA) is 37.8 Å². The highest BCUT2D eigenvalue weighted by atomic mass is 35.5. The normalized spacial score (nSPS) is 11.9. The first-order valence-corrected chi connectivity index (χ1v) is 3.77. The molecule has 1 heterocycles. The van der Waals surface area contributed by atoms with Crippen molar-refractivity contribution in [1.82, 2.24) is 15.3 Å². The Balaban J connectivity index is 0.00000121. The Bertz CT molecular complexity index is 242. The Kier molecular flexibility index (Phi) is 5.13. The molecule has 0 fully saturated rings. The van der Waals surface area contributed by atoms with Crippen molar-refractivity contribution < 1.29 is 0 Å². The quantitative estimate of drug-likeness (QED) is 0.805. The van der Waals surface area contributed by atoms with Gasteiger partial charge in [-0.2, -0.15) is 0 Å². The summed E-state index contributed by atoms with van der Waals surface area (Å²) in [6.07, 6.45) is 3.21. The molecular weight excluding hydrogens is 197 g/mol. The molecule has 1 unspecified atom stereocenters. The summed E-state index contributed by atoms with van der Waals surface area (Å²) in [6.45, 7) is 1.98. The van der Waals surface area contributed by atoms with E-state index < -0.39 is 0 Å². The second kappa shape index (κ2) is 5.30. The van der Waals surface area contributed by atoms with Crippen LogP contribution in [0.1, 0.15) is 18.7 Å². The number of hydrogen-bond acceptors (Lipinski definition) is 3. The molecule has 0 saturated heterocycles. The molecule has 0 aliphatic carbocycles. The van der Waals surface area contributed by atoms with Gasteiger partial charge in [0.05, 0.1) is 5.69 Å². The van der Waals surface area contributed by atoms with Crippen molar-refractivity contribution in [3.8, 4) is 0 Å². The minimum atomic E-state index is 0. The summed E-state index contributed by atoms with van der Waals surface area (Å²) in [5.41, 5.74) is 0.789. The Morgan fingerprint density at radius 2 is 2.00 bits per heavy atom. The number of nitrogens with one attached hydrogen (secondary N) is 1.